The first kappa shape index (κ1) is 19.3. The van der Waals surface area contributed by atoms with Crippen molar-refractivity contribution >= 4 is 49.3 Å². The summed E-state index contributed by atoms with van der Waals surface area (Å²) in [6.07, 6.45) is 4.82. The minimum absolute atomic E-state index is 0.0896. The molecule has 1 aromatic carbocycles. The zero-order chi connectivity index (χ0) is 19.6. The topological polar surface area (TPSA) is 99.1 Å². The van der Waals surface area contributed by atoms with Gasteiger partial charge >= 0.3 is 0 Å². The van der Waals surface area contributed by atoms with Gasteiger partial charge in [-0.2, -0.15) is 0 Å². The van der Waals surface area contributed by atoms with E-state index < -0.39 is 15.9 Å². The number of amidine groups is 1. The third-order valence-corrected chi connectivity index (χ3v) is 5.80. The van der Waals surface area contributed by atoms with Crippen molar-refractivity contribution in [2.75, 3.05) is 31.2 Å². The van der Waals surface area contributed by atoms with Crippen molar-refractivity contribution in [3.63, 3.8) is 0 Å². The summed E-state index contributed by atoms with van der Waals surface area (Å²) >= 11 is 3.34. The SMILES string of the molecule is CN(CC(=O)Nc1ccccc1Br)C(=O)C1=CC=CN2CCS(=O)(=O)N=C12. The molecule has 0 aliphatic carbocycles. The lowest BCUT2D eigenvalue weighted by atomic mass is 10.1. The molecule has 1 aromatic rings. The number of allylic oxidation sites excluding steroid dienone is 2. The Morgan fingerprint density at radius 2 is 2.07 bits per heavy atom. The van der Waals surface area contributed by atoms with Crippen LogP contribution in [0.5, 0.6) is 0 Å². The van der Waals surface area contributed by atoms with Crippen LogP contribution in [0.1, 0.15) is 0 Å². The van der Waals surface area contributed by atoms with E-state index in [1.807, 2.05) is 6.07 Å². The maximum absolute atomic E-state index is 12.8. The van der Waals surface area contributed by atoms with Gasteiger partial charge in [0.1, 0.15) is 0 Å². The molecule has 1 N–H and O–H groups in total. The van der Waals surface area contributed by atoms with Gasteiger partial charge in [0.2, 0.25) is 5.91 Å². The fourth-order valence-electron chi connectivity index (χ4n) is 2.63. The molecule has 142 valence electrons. The van der Waals surface area contributed by atoms with Crippen LogP contribution in [0.2, 0.25) is 0 Å². The van der Waals surface area contributed by atoms with Crippen LogP contribution in [0.15, 0.2) is 57.1 Å². The molecule has 0 radical (unpaired) electrons. The van der Waals surface area contributed by atoms with E-state index in [9.17, 15) is 18.0 Å². The van der Waals surface area contributed by atoms with Crippen LogP contribution in [-0.4, -0.2) is 61.8 Å². The highest BCUT2D eigenvalue weighted by atomic mass is 79.9. The lowest BCUT2D eigenvalue weighted by molar-refractivity contribution is -0.129. The predicted octanol–water partition coefficient (Wildman–Crippen LogP) is 1.34. The number of para-hydroxylation sites is 1. The summed E-state index contributed by atoms with van der Waals surface area (Å²) in [5, 5.41) is 2.72. The van der Waals surface area contributed by atoms with E-state index in [1.165, 1.54) is 18.0 Å². The molecule has 2 heterocycles. The second-order valence-corrected chi connectivity index (χ2v) is 8.61. The molecule has 0 aromatic heterocycles. The largest absolute Gasteiger partial charge is 0.332 e. The Labute approximate surface area is 165 Å². The van der Waals surface area contributed by atoms with Crippen molar-refractivity contribution in [2.24, 2.45) is 4.40 Å². The number of sulfonamides is 1. The van der Waals surface area contributed by atoms with E-state index in [0.717, 1.165) is 4.47 Å². The Balaban J connectivity index is 1.72. The first-order valence-electron chi connectivity index (χ1n) is 8.05. The minimum Gasteiger partial charge on any atom is -0.332 e. The standard InChI is InChI=1S/C17H17BrN4O4S/c1-21(11-15(23)19-14-7-3-2-6-13(14)18)17(24)12-5-4-8-22-9-10-27(25,26)20-16(12)22/h2-8H,9-11H2,1H3,(H,19,23). The Kier molecular flexibility index (Phi) is 5.47. The number of rotatable bonds is 4. The van der Waals surface area contributed by atoms with Gasteiger partial charge in [0.15, 0.2) is 5.84 Å². The number of amides is 2. The van der Waals surface area contributed by atoms with Gasteiger partial charge in [-0.15, -0.1) is 4.40 Å². The van der Waals surface area contributed by atoms with E-state index in [4.69, 9.17) is 0 Å². The van der Waals surface area contributed by atoms with Gasteiger partial charge in [-0.3, -0.25) is 9.59 Å². The zero-order valence-corrected chi connectivity index (χ0v) is 16.8. The molecule has 2 aliphatic heterocycles. The summed E-state index contributed by atoms with van der Waals surface area (Å²) in [7, 11) is -2.12. The summed E-state index contributed by atoms with van der Waals surface area (Å²) < 4.78 is 28.0. The molecule has 0 unspecified atom stereocenters. The Morgan fingerprint density at radius 3 is 2.81 bits per heavy atom. The molecule has 27 heavy (non-hydrogen) atoms. The third-order valence-electron chi connectivity index (χ3n) is 3.96. The monoisotopic (exact) mass is 452 g/mol. The van der Waals surface area contributed by atoms with Crippen LogP contribution in [0.25, 0.3) is 0 Å². The number of carbonyl (C=O) groups excluding carboxylic acids is 2. The quantitative estimate of drug-likeness (QED) is 0.742. The molecule has 3 rings (SSSR count). The van der Waals surface area contributed by atoms with Gasteiger partial charge in [-0.05, 0) is 40.2 Å². The van der Waals surface area contributed by atoms with Gasteiger partial charge in [0.05, 0.1) is 23.6 Å². The maximum Gasteiger partial charge on any atom is 0.257 e. The number of anilines is 1. The van der Waals surface area contributed by atoms with Crippen LogP contribution in [0, 0.1) is 0 Å². The van der Waals surface area contributed by atoms with E-state index >= 15 is 0 Å². The number of fused-ring (bicyclic) bond motifs is 1. The molecule has 10 heteroatoms. The van der Waals surface area contributed by atoms with Crippen LogP contribution < -0.4 is 5.32 Å². The van der Waals surface area contributed by atoms with Crippen molar-refractivity contribution in [3.05, 3.63) is 52.7 Å². The van der Waals surface area contributed by atoms with E-state index in [2.05, 4.69) is 25.6 Å². The van der Waals surface area contributed by atoms with E-state index in [1.54, 1.807) is 35.4 Å². The van der Waals surface area contributed by atoms with E-state index in [0.29, 0.717) is 5.69 Å². The summed E-state index contributed by atoms with van der Waals surface area (Å²) in [6, 6.07) is 7.13. The molecule has 0 saturated carbocycles. The fraction of sp³-hybridized carbons (Fsp3) is 0.235. The summed E-state index contributed by atoms with van der Waals surface area (Å²) in [5.74, 6) is -0.874. The smallest absolute Gasteiger partial charge is 0.257 e. The molecule has 2 amide bonds. The average Bonchev–Trinajstić information content (AvgIpc) is 2.61. The zero-order valence-electron chi connectivity index (χ0n) is 14.4. The number of carbonyl (C=O) groups is 2. The van der Waals surface area contributed by atoms with Gasteiger partial charge in [-0.25, -0.2) is 8.42 Å². The van der Waals surface area contributed by atoms with Crippen LogP contribution >= 0.6 is 15.9 Å². The molecule has 0 fully saturated rings. The van der Waals surface area contributed by atoms with Crippen LogP contribution in [0.4, 0.5) is 5.69 Å². The Morgan fingerprint density at radius 1 is 1.33 bits per heavy atom. The lowest BCUT2D eigenvalue weighted by Gasteiger charge is -2.30. The second kappa shape index (κ2) is 7.65. The van der Waals surface area contributed by atoms with Gasteiger partial charge in [-0.1, -0.05) is 12.1 Å². The highest BCUT2D eigenvalue weighted by Crippen LogP contribution is 2.22. The molecule has 8 nitrogen and oxygen atoms in total. The molecule has 2 aliphatic rings. The molecular formula is C17H17BrN4O4S. The summed E-state index contributed by atoms with van der Waals surface area (Å²) in [6.45, 7) is 0.0375. The Hall–Kier alpha value is -2.46. The highest BCUT2D eigenvalue weighted by Gasteiger charge is 2.31. The number of nitrogens with one attached hydrogen (secondary N) is 1. The summed E-state index contributed by atoms with van der Waals surface area (Å²) in [5.41, 5.74) is 0.731. The number of halogens is 1. The number of likely N-dealkylation sites (N-methyl/N-ethyl adjacent to an activating group) is 1. The molecule has 0 saturated heterocycles. The van der Waals surface area contributed by atoms with Gasteiger partial charge in [0, 0.05) is 24.3 Å². The molecular weight excluding hydrogens is 436 g/mol. The van der Waals surface area contributed by atoms with Crippen LogP contribution in [-0.2, 0) is 19.6 Å². The molecule has 0 spiro atoms. The number of nitrogens with zero attached hydrogens (tertiary/aromatic N) is 3. The lowest BCUT2D eigenvalue weighted by Crippen LogP contribution is -2.44. The predicted molar refractivity (Wildman–Crippen MR) is 106 cm³/mol. The number of benzene rings is 1. The second-order valence-electron chi connectivity index (χ2n) is 6.01. The number of hydrogen-bond donors (Lipinski definition) is 1. The molecule has 0 bridgehead atoms. The first-order chi connectivity index (χ1) is 12.8. The number of hydrogen-bond acceptors (Lipinski definition) is 5. The highest BCUT2D eigenvalue weighted by molar-refractivity contribution is 9.10. The van der Waals surface area contributed by atoms with Crippen molar-refractivity contribution < 1.29 is 18.0 Å². The van der Waals surface area contributed by atoms with Gasteiger partial charge < -0.3 is 15.1 Å². The fourth-order valence-corrected chi connectivity index (χ4v) is 4.00. The first-order valence-corrected chi connectivity index (χ1v) is 10.4. The minimum atomic E-state index is -3.60. The third kappa shape index (κ3) is 4.45. The normalized spacial score (nSPS) is 17.5. The van der Waals surface area contributed by atoms with Gasteiger partial charge in [0.25, 0.3) is 15.9 Å². The van der Waals surface area contributed by atoms with Crippen molar-refractivity contribution in [1.29, 1.82) is 0 Å². The average molecular weight is 453 g/mol. The van der Waals surface area contributed by atoms with E-state index in [-0.39, 0.29) is 36.2 Å². The Bertz CT molecular complexity index is 984. The van der Waals surface area contributed by atoms with Crippen molar-refractivity contribution in [3.8, 4) is 0 Å². The van der Waals surface area contributed by atoms with Crippen molar-refractivity contribution in [2.45, 2.75) is 0 Å². The molecule has 0 atom stereocenters. The summed E-state index contributed by atoms with van der Waals surface area (Å²) in [4.78, 5) is 27.8. The van der Waals surface area contributed by atoms with Crippen molar-refractivity contribution in [1.82, 2.24) is 9.80 Å². The maximum atomic E-state index is 12.8. The van der Waals surface area contributed by atoms with Crippen LogP contribution in [0.3, 0.4) is 0 Å².